The molecule has 0 aromatic rings. The van der Waals surface area contributed by atoms with Crippen molar-refractivity contribution >= 4 is 35.3 Å². The summed E-state index contributed by atoms with van der Waals surface area (Å²) in [5.41, 5.74) is -5.65. The van der Waals surface area contributed by atoms with E-state index in [2.05, 4.69) is 6.58 Å². The Morgan fingerprint density at radius 2 is 1.71 bits per heavy atom. The van der Waals surface area contributed by atoms with Crippen molar-refractivity contribution in [1.82, 2.24) is 0 Å². The molecular formula is C24H29ClO9. The number of aliphatic hydroxyl groups is 2. The van der Waals surface area contributed by atoms with Crippen LogP contribution in [0.3, 0.4) is 0 Å². The molecule has 34 heavy (non-hydrogen) atoms. The number of hydrogen-bond donors (Lipinski definition) is 2. The summed E-state index contributed by atoms with van der Waals surface area (Å²) in [6, 6.07) is 0. The van der Waals surface area contributed by atoms with E-state index in [4.69, 9.17) is 25.8 Å². The summed E-state index contributed by atoms with van der Waals surface area (Å²) in [4.78, 5) is 49.8. The molecule has 0 saturated carbocycles. The number of esters is 3. The van der Waals surface area contributed by atoms with Crippen LogP contribution in [0.1, 0.15) is 34.6 Å². The zero-order valence-electron chi connectivity index (χ0n) is 19.6. The van der Waals surface area contributed by atoms with E-state index < -0.39 is 75.8 Å². The first-order valence-electron chi connectivity index (χ1n) is 10.8. The van der Waals surface area contributed by atoms with Gasteiger partial charge in [-0.15, -0.1) is 11.6 Å². The van der Waals surface area contributed by atoms with Gasteiger partial charge in [-0.05, 0) is 31.6 Å². The van der Waals surface area contributed by atoms with E-state index in [0.29, 0.717) is 0 Å². The average molecular weight is 497 g/mol. The summed E-state index contributed by atoms with van der Waals surface area (Å²) in [6.07, 6.45) is 1.34. The number of allylic oxidation sites excluding steroid dienone is 1. The number of ketones is 1. The van der Waals surface area contributed by atoms with Gasteiger partial charge in [-0.1, -0.05) is 25.7 Å². The predicted octanol–water partition coefficient (Wildman–Crippen LogP) is 1.39. The van der Waals surface area contributed by atoms with E-state index in [9.17, 15) is 29.4 Å². The fraction of sp³-hybridized carbons (Fsp3) is 0.583. The number of ether oxygens (including phenoxy) is 3. The van der Waals surface area contributed by atoms with Gasteiger partial charge in [0.15, 0.2) is 17.5 Å². The lowest BCUT2D eigenvalue weighted by molar-refractivity contribution is -0.224. The summed E-state index contributed by atoms with van der Waals surface area (Å²) < 4.78 is 16.6. The van der Waals surface area contributed by atoms with Gasteiger partial charge < -0.3 is 24.4 Å². The van der Waals surface area contributed by atoms with Crippen molar-refractivity contribution in [1.29, 1.82) is 0 Å². The minimum absolute atomic E-state index is 0.232. The van der Waals surface area contributed by atoms with E-state index >= 15 is 0 Å². The fourth-order valence-electron chi connectivity index (χ4n) is 5.30. The Morgan fingerprint density at radius 3 is 2.26 bits per heavy atom. The maximum absolute atomic E-state index is 12.9. The lowest BCUT2D eigenvalue weighted by Gasteiger charge is -2.54. The van der Waals surface area contributed by atoms with Gasteiger partial charge in [0.25, 0.3) is 0 Å². The van der Waals surface area contributed by atoms with Crippen molar-refractivity contribution in [2.75, 3.05) is 0 Å². The largest absolute Gasteiger partial charge is 0.459 e. The lowest BCUT2D eigenvalue weighted by Crippen LogP contribution is -2.69. The molecule has 0 aromatic heterocycles. The van der Waals surface area contributed by atoms with Gasteiger partial charge in [0.05, 0.1) is 11.3 Å². The number of alkyl halides is 1. The Hall–Kier alpha value is -2.49. The maximum Gasteiger partial charge on any atom is 0.312 e. The predicted molar refractivity (Wildman–Crippen MR) is 119 cm³/mol. The standard InChI is InChI=1S/C24H29ClO9/c1-11-7-8-16(32-13(3)26)22(5)10-9-15(28)23(6,30)18(22)20(33-14(4)27)24(31)12(2)21(29)34-19(24)17(11)25/h7-10,12,16-20,30-31H,1H2,2-6H3/b8-7+/t12-,16-,17-,18+,19+,20+,22+,23+,24+/m0/s1. The second-order valence-electron chi connectivity index (χ2n) is 9.55. The van der Waals surface area contributed by atoms with Crippen molar-refractivity contribution in [3.05, 3.63) is 36.5 Å². The molecule has 3 aliphatic rings. The van der Waals surface area contributed by atoms with Crippen LogP contribution in [-0.4, -0.2) is 68.8 Å². The van der Waals surface area contributed by atoms with Crippen LogP contribution in [0.15, 0.2) is 36.5 Å². The molecule has 0 bridgehead atoms. The molecule has 186 valence electrons. The quantitative estimate of drug-likeness (QED) is 0.330. The minimum atomic E-state index is -2.27. The highest BCUT2D eigenvalue weighted by atomic mass is 35.5. The second-order valence-corrected chi connectivity index (χ2v) is 10.0. The Morgan fingerprint density at radius 1 is 1.12 bits per heavy atom. The van der Waals surface area contributed by atoms with Crippen LogP contribution in [0.2, 0.25) is 0 Å². The topological polar surface area (TPSA) is 136 Å². The zero-order valence-corrected chi connectivity index (χ0v) is 20.4. The maximum atomic E-state index is 12.9. The minimum Gasteiger partial charge on any atom is -0.459 e. The molecule has 0 spiro atoms. The number of carbonyl (C=O) groups is 4. The van der Waals surface area contributed by atoms with Crippen LogP contribution in [-0.2, 0) is 33.4 Å². The van der Waals surface area contributed by atoms with Gasteiger partial charge in [-0.2, -0.15) is 0 Å². The molecule has 0 radical (unpaired) electrons. The van der Waals surface area contributed by atoms with Crippen LogP contribution in [0.5, 0.6) is 0 Å². The van der Waals surface area contributed by atoms with Crippen LogP contribution in [0, 0.1) is 17.3 Å². The van der Waals surface area contributed by atoms with Crippen LogP contribution < -0.4 is 0 Å². The fourth-order valence-corrected chi connectivity index (χ4v) is 5.62. The first-order chi connectivity index (χ1) is 15.6. The SMILES string of the molecule is C=C1/C=C/[C@H](OC(C)=O)[C@@]2(C)C=CC(=O)[C@@](C)(O)[C@@H]2[C@@H](OC(C)=O)[C@]2(O)[C@H](OC(=O)[C@@H]2C)[C@H]1Cl. The molecule has 0 aromatic carbocycles. The second kappa shape index (κ2) is 8.62. The highest BCUT2D eigenvalue weighted by molar-refractivity contribution is 6.23. The Balaban J connectivity index is 2.41. The molecule has 2 N–H and O–H groups in total. The van der Waals surface area contributed by atoms with E-state index in [1.807, 2.05) is 0 Å². The number of carbonyl (C=O) groups excluding carboxylic acids is 4. The first-order valence-corrected chi connectivity index (χ1v) is 11.3. The summed E-state index contributed by atoms with van der Waals surface area (Å²) in [6.45, 7) is 10.4. The Kier molecular flexibility index (Phi) is 6.62. The molecule has 10 heteroatoms. The van der Waals surface area contributed by atoms with Gasteiger partial charge in [0.2, 0.25) is 0 Å². The zero-order chi connectivity index (χ0) is 25.8. The number of halogens is 1. The van der Waals surface area contributed by atoms with E-state index in [-0.39, 0.29) is 5.57 Å². The van der Waals surface area contributed by atoms with E-state index in [1.165, 1.54) is 39.0 Å². The van der Waals surface area contributed by atoms with Gasteiger partial charge in [-0.25, -0.2) is 0 Å². The van der Waals surface area contributed by atoms with Crippen LogP contribution in [0.4, 0.5) is 0 Å². The summed E-state index contributed by atoms with van der Waals surface area (Å²) in [5.74, 6) is -5.67. The third-order valence-electron chi connectivity index (χ3n) is 7.18. The third kappa shape index (κ3) is 3.89. The molecule has 9 atom stereocenters. The van der Waals surface area contributed by atoms with Gasteiger partial charge >= 0.3 is 17.9 Å². The number of rotatable bonds is 2. The average Bonchev–Trinajstić information content (AvgIpc) is 2.96. The molecule has 1 aliphatic heterocycles. The van der Waals surface area contributed by atoms with E-state index in [1.54, 1.807) is 6.92 Å². The molecule has 0 amide bonds. The van der Waals surface area contributed by atoms with Crippen LogP contribution >= 0.6 is 11.6 Å². The monoisotopic (exact) mass is 496 g/mol. The third-order valence-corrected chi connectivity index (χ3v) is 7.69. The molecular weight excluding hydrogens is 468 g/mol. The number of hydrogen-bond acceptors (Lipinski definition) is 9. The normalized spacial score (nSPS) is 45.0. The highest BCUT2D eigenvalue weighted by Gasteiger charge is 2.70. The molecule has 0 unspecified atom stereocenters. The number of fused-ring (bicyclic) bond motifs is 2. The molecule has 1 saturated heterocycles. The van der Waals surface area contributed by atoms with Gasteiger partial charge in [0, 0.05) is 25.2 Å². The van der Waals surface area contributed by atoms with Crippen molar-refractivity contribution in [2.45, 2.75) is 69.5 Å². The smallest absolute Gasteiger partial charge is 0.312 e. The highest BCUT2D eigenvalue weighted by Crippen LogP contribution is 2.54. The van der Waals surface area contributed by atoms with Crippen molar-refractivity contribution in [2.24, 2.45) is 17.3 Å². The lowest BCUT2D eigenvalue weighted by atomic mass is 9.55. The van der Waals surface area contributed by atoms with E-state index in [0.717, 1.165) is 13.0 Å². The summed E-state index contributed by atoms with van der Waals surface area (Å²) in [7, 11) is 0. The van der Waals surface area contributed by atoms with Crippen molar-refractivity contribution in [3.8, 4) is 0 Å². The molecule has 3 rings (SSSR count). The summed E-state index contributed by atoms with van der Waals surface area (Å²) in [5, 5.41) is 22.4. The Bertz CT molecular complexity index is 998. The Labute approximate surface area is 202 Å². The molecule has 1 heterocycles. The molecule has 2 aliphatic carbocycles. The van der Waals surface area contributed by atoms with Crippen molar-refractivity contribution < 1.29 is 43.6 Å². The van der Waals surface area contributed by atoms with Crippen LogP contribution in [0.25, 0.3) is 0 Å². The molecule has 9 nitrogen and oxygen atoms in total. The molecule has 1 fully saturated rings. The summed E-state index contributed by atoms with van der Waals surface area (Å²) >= 11 is 6.58. The van der Waals surface area contributed by atoms with Gasteiger partial charge in [0.1, 0.15) is 17.8 Å². The van der Waals surface area contributed by atoms with Gasteiger partial charge in [-0.3, -0.25) is 19.2 Å². The van der Waals surface area contributed by atoms with Crippen molar-refractivity contribution in [3.63, 3.8) is 0 Å². The first kappa shape index (κ1) is 26.1.